The summed E-state index contributed by atoms with van der Waals surface area (Å²) < 4.78 is 7.07. The van der Waals surface area contributed by atoms with Gasteiger partial charge in [-0.3, -0.25) is 5.43 Å². The van der Waals surface area contributed by atoms with Gasteiger partial charge in [0.15, 0.2) is 0 Å². The van der Waals surface area contributed by atoms with E-state index in [2.05, 4.69) is 57.6 Å². The van der Waals surface area contributed by atoms with Gasteiger partial charge in [-0.1, -0.05) is 15.9 Å². The molecule has 0 amide bonds. The molecule has 0 fully saturated rings. The highest BCUT2D eigenvalue weighted by Gasteiger charge is 2.08. The number of aromatic nitrogens is 3. The molecule has 2 rings (SSSR count). The Labute approximate surface area is 132 Å². The van der Waals surface area contributed by atoms with Crippen LogP contribution in [-0.4, -0.2) is 21.6 Å². The van der Waals surface area contributed by atoms with Crippen molar-refractivity contribution in [2.24, 2.45) is 5.84 Å². The number of rotatable bonds is 5. The average molecular weight is 404 g/mol. The minimum Gasteiger partial charge on any atom is -0.464 e. The Morgan fingerprint density at radius 2 is 1.95 bits per heavy atom. The molecule has 9 heteroatoms. The highest BCUT2D eigenvalue weighted by Crippen LogP contribution is 2.28. The number of nitrogens with zero attached hydrogens (tertiary/aromatic N) is 3. The van der Waals surface area contributed by atoms with Crippen molar-refractivity contribution in [2.45, 2.75) is 6.92 Å². The van der Waals surface area contributed by atoms with E-state index in [0.717, 1.165) is 14.6 Å². The number of nitrogens with one attached hydrogen (secondary N) is 2. The van der Waals surface area contributed by atoms with Gasteiger partial charge in [-0.15, -0.1) is 0 Å². The lowest BCUT2D eigenvalue weighted by Gasteiger charge is -2.10. The van der Waals surface area contributed by atoms with Gasteiger partial charge in [0.1, 0.15) is 0 Å². The van der Waals surface area contributed by atoms with Crippen molar-refractivity contribution in [1.29, 1.82) is 0 Å². The number of nitrogen functional groups attached to an aromatic ring is 1. The molecule has 0 radical (unpaired) electrons. The molecule has 0 aliphatic carbocycles. The molecule has 7 nitrogen and oxygen atoms in total. The summed E-state index contributed by atoms with van der Waals surface area (Å²) in [5.41, 5.74) is 3.18. The van der Waals surface area contributed by atoms with Crippen LogP contribution in [0.5, 0.6) is 6.01 Å². The number of benzene rings is 1. The first kappa shape index (κ1) is 14.9. The van der Waals surface area contributed by atoms with Crippen molar-refractivity contribution in [3.05, 3.63) is 27.1 Å². The van der Waals surface area contributed by atoms with Gasteiger partial charge in [0.25, 0.3) is 0 Å². The molecule has 0 aliphatic rings. The predicted octanol–water partition coefficient (Wildman–Crippen LogP) is 2.82. The summed E-state index contributed by atoms with van der Waals surface area (Å²) in [7, 11) is 0. The molecule has 0 bridgehead atoms. The SMILES string of the molecule is CCOc1nc(NN)nc(Nc2cc(Br)ccc2Br)n1. The second-order valence-electron chi connectivity index (χ2n) is 3.59. The van der Waals surface area contributed by atoms with E-state index in [4.69, 9.17) is 10.6 Å². The van der Waals surface area contributed by atoms with Gasteiger partial charge in [-0.2, -0.15) is 15.0 Å². The summed E-state index contributed by atoms with van der Waals surface area (Å²) in [6.45, 7) is 2.30. The minimum absolute atomic E-state index is 0.198. The molecule has 0 saturated heterocycles. The quantitative estimate of drug-likeness (QED) is 0.521. The van der Waals surface area contributed by atoms with E-state index in [-0.39, 0.29) is 12.0 Å². The summed E-state index contributed by atoms with van der Waals surface area (Å²) >= 11 is 6.85. The lowest BCUT2D eigenvalue weighted by molar-refractivity contribution is 0.312. The van der Waals surface area contributed by atoms with Gasteiger partial charge in [0.2, 0.25) is 11.9 Å². The van der Waals surface area contributed by atoms with Crippen molar-refractivity contribution >= 4 is 49.4 Å². The van der Waals surface area contributed by atoms with Gasteiger partial charge in [-0.25, -0.2) is 5.84 Å². The van der Waals surface area contributed by atoms with Gasteiger partial charge in [0, 0.05) is 8.95 Å². The smallest absolute Gasteiger partial charge is 0.323 e. The monoisotopic (exact) mass is 402 g/mol. The largest absolute Gasteiger partial charge is 0.464 e. The third kappa shape index (κ3) is 3.78. The third-order valence-corrected chi connectivity index (χ3v) is 3.38. The Morgan fingerprint density at radius 1 is 1.20 bits per heavy atom. The molecule has 2 aromatic rings. The number of halogens is 2. The normalized spacial score (nSPS) is 10.2. The lowest BCUT2D eigenvalue weighted by atomic mass is 10.3. The number of anilines is 3. The number of nitrogens with two attached hydrogens (primary N) is 1. The molecule has 106 valence electrons. The van der Waals surface area contributed by atoms with Crippen LogP contribution in [0, 0.1) is 0 Å². The number of hydrogen-bond donors (Lipinski definition) is 3. The van der Waals surface area contributed by atoms with Crippen LogP contribution < -0.4 is 21.3 Å². The molecule has 4 N–H and O–H groups in total. The summed E-state index contributed by atoms with van der Waals surface area (Å²) in [4.78, 5) is 12.2. The van der Waals surface area contributed by atoms with Crippen LogP contribution in [-0.2, 0) is 0 Å². The molecule has 0 aliphatic heterocycles. The van der Waals surface area contributed by atoms with Crippen molar-refractivity contribution in [2.75, 3.05) is 17.3 Å². The fourth-order valence-electron chi connectivity index (χ4n) is 1.38. The number of ether oxygens (including phenoxy) is 1. The first-order chi connectivity index (χ1) is 9.62. The first-order valence-electron chi connectivity index (χ1n) is 5.70. The fraction of sp³-hybridized carbons (Fsp3) is 0.182. The van der Waals surface area contributed by atoms with Crippen molar-refractivity contribution in [1.82, 2.24) is 15.0 Å². The zero-order valence-electron chi connectivity index (χ0n) is 10.5. The van der Waals surface area contributed by atoms with Gasteiger partial charge in [0.05, 0.1) is 12.3 Å². The highest BCUT2D eigenvalue weighted by molar-refractivity contribution is 9.11. The minimum atomic E-state index is 0.198. The maximum Gasteiger partial charge on any atom is 0.323 e. The third-order valence-electron chi connectivity index (χ3n) is 2.19. The molecule has 1 aromatic carbocycles. The number of hydrazine groups is 1. The molecule has 0 spiro atoms. The molecular weight excluding hydrogens is 392 g/mol. The zero-order valence-corrected chi connectivity index (χ0v) is 13.7. The maximum atomic E-state index is 5.33. The van der Waals surface area contributed by atoms with Crippen molar-refractivity contribution < 1.29 is 4.74 Å². The molecule has 0 unspecified atom stereocenters. The van der Waals surface area contributed by atoms with E-state index in [1.54, 1.807) is 0 Å². The van der Waals surface area contributed by atoms with E-state index >= 15 is 0 Å². The van der Waals surface area contributed by atoms with Gasteiger partial charge >= 0.3 is 6.01 Å². The van der Waals surface area contributed by atoms with Crippen LogP contribution in [0.15, 0.2) is 27.1 Å². The standard InChI is InChI=1S/C11H12Br2N6O/c1-2-20-11-17-9(16-10(18-11)19-14)15-8-5-6(12)3-4-7(8)13/h3-5H,2,14H2,1H3,(H2,15,16,17,18,19). The Balaban J connectivity index is 2.32. The van der Waals surface area contributed by atoms with Crippen molar-refractivity contribution in [3.63, 3.8) is 0 Å². The summed E-state index contributed by atoms with van der Waals surface area (Å²) in [6, 6.07) is 5.91. The van der Waals surface area contributed by atoms with Gasteiger partial charge < -0.3 is 10.1 Å². The fourth-order valence-corrected chi connectivity index (χ4v) is 2.09. The molecule has 1 heterocycles. The van der Waals surface area contributed by atoms with Crippen molar-refractivity contribution in [3.8, 4) is 6.01 Å². The Hall–Kier alpha value is -1.45. The Bertz CT molecular complexity index is 609. The van der Waals surface area contributed by atoms with Crippen LogP contribution in [0.2, 0.25) is 0 Å². The molecule has 1 aromatic heterocycles. The molecule has 0 atom stereocenters. The molecular formula is C11H12Br2N6O. The lowest BCUT2D eigenvalue weighted by Crippen LogP contribution is -2.13. The second-order valence-corrected chi connectivity index (χ2v) is 5.36. The summed E-state index contributed by atoms with van der Waals surface area (Å²) in [5.74, 6) is 5.88. The van der Waals surface area contributed by atoms with Crippen LogP contribution >= 0.6 is 31.9 Å². The van der Waals surface area contributed by atoms with E-state index in [0.29, 0.717) is 12.6 Å². The van der Waals surface area contributed by atoms with Crippen LogP contribution in [0.1, 0.15) is 6.92 Å². The molecule has 20 heavy (non-hydrogen) atoms. The summed E-state index contributed by atoms with van der Waals surface area (Å²) in [6.07, 6.45) is 0. The van der Waals surface area contributed by atoms with Gasteiger partial charge in [-0.05, 0) is 41.1 Å². The van der Waals surface area contributed by atoms with Crippen LogP contribution in [0.4, 0.5) is 17.6 Å². The average Bonchev–Trinajstić information content (AvgIpc) is 2.43. The van der Waals surface area contributed by atoms with E-state index in [1.165, 1.54) is 0 Å². The van der Waals surface area contributed by atoms with Crippen LogP contribution in [0.3, 0.4) is 0 Å². The predicted molar refractivity (Wildman–Crippen MR) is 83.9 cm³/mol. The van der Waals surface area contributed by atoms with E-state index in [9.17, 15) is 0 Å². The van der Waals surface area contributed by atoms with E-state index < -0.39 is 0 Å². The zero-order chi connectivity index (χ0) is 14.5. The molecule has 0 saturated carbocycles. The summed E-state index contributed by atoms with van der Waals surface area (Å²) in [5, 5.41) is 3.07. The topological polar surface area (TPSA) is 98.0 Å². The van der Waals surface area contributed by atoms with Crippen LogP contribution in [0.25, 0.3) is 0 Å². The maximum absolute atomic E-state index is 5.33. The second kappa shape index (κ2) is 6.82. The highest BCUT2D eigenvalue weighted by atomic mass is 79.9. The van der Waals surface area contributed by atoms with E-state index in [1.807, 2.05) is 25.1 Å². The number of hydrogen-bond acceptors (Lipinski definition) is 7. The first-order valence-corrected chi connectivity index (χ1v) is 7.28. The Morgan fingerprint density at radius 3 is 2.65 bits per heavy atom. The Kier molecular flexibility index (Phi) is 5.10.